The number of rotatable bonds is 4. The van der Waals surface area contributed by atoms with Crippen molar-refractivity contribution in [2.24, 2.45) is 11.8 Å². The van der Waals surface area contributed by atoms with Crippen molar-refractivity contribution in [1.29, 1.82) is 0 Å². The Labute approximate surface area is 144 Å². The van der Waals surface area contributed by atoms with Crippen LogP contribution in [0.5, 0.6) is 0 Å². The van der Waals surface area contributed by atoms with E-state index in [0.29, 0.717) is 23.7 Å². The first-order chi connectivity index (χ1) is 11.5. The number of piperidine rings is 1. The molecule has 0 aliphatic carbocycles. The number of nitrogens with one attached hydrogen (secondary N) is 1. The van der Waals surface area contributed by atoms with Gasteiger partial charge in [0.15, 0.2) is 5.69 Å². The van der Waals surface area contributed by atoms with Gasteiger partial charge in [-0.05, 0) is 24.5 Å². The van der Waals surface area contributed by atoms with E-state index in [1.54, 1.807) is 10.4 Å². The van der Waals surface area contributed by atoms with Crippen molar-refractivity contribution >= 4 is 33.9 Å². The molecule has 6 nitrogen and oxygen atoms in total. The maximum atomic E-state index is 12.8. The van der Waals surface area contributed by atoms with Gasteiger partial charge < -0.3 is 15.3 Å². The number of hydrogen-bond donors (Lipinski definition) is 2. The number of likely N-dealkylation sites (tertiary alicyclic amines) is 1. The minimum absolute atomic E-state index is 0.160. The zero-order chi connectivity index (χ0) is 17.1. The minimum atomic E-state index is -0.847. The highest BCUT2D eigenvalue weighted by Gasteiger charge is 2.33. The van der Waals surface area contributed by atoms with Crippen molar-refractivity contribution in [2.75, 3.05) is 18.4 Å². The van der Waals surface area contributed by atoms with Crippen LogP contribution in [0.4, 0.5) is 10.7 Å². The third-order valence-corrected chi connectivity index (χ3v) is 4.84. The molecule has 1 saturated heterocycles. The van der Waals surface area contributed by atoms with Crippen LogP contribution in [0.15, 0.2) is 35.8 Å². The SMILES string of the molecule is CC1CC(C(=O)O)CN(C(=O)c2ncsc2Nc2ccccc2)C1. The molecule has 2 unspecified atom stereocenters. The first kappa shape index (κ1) is 16.4. The average molecular weight is 345 g/mol. The number of carbonyl (C=O) groups excluding carboxylic acids is 1. The van der Waals surface area contributed by atoms with Crippen molar-refractivity contribution < 1.29 is 14.7 Å². The Kier molecular flexibility index (Phi) is 4.80. The van der Waals surface area contributed by atoms with Gasteiger partial charge in [-0.15, -0.1) is 11.3 Å². The molecule has 24 heavy (non-hydrogen) atoms. The number of anilines is 2. The molecule has 2 atom stereocenters. The van der Waals surface area contributed by atoms with Crippen LogP contribution >= 0.6 is 11.3 Å². The number of thiazole rings is 1. The van der Waals surface area contributed by atoms with E-state index < -0.39 is 11.9 Å². The number of para-hydroxylation sites is 1. The normalized spacial score (nSPS) is 20.6. The summed E-state index contributed by atoms with van der Waals surface area (Å²) in [5.74, 6) is -1.41. The molecule has 1 amide bonds. The molecule has 0 spiro atoms. The van der Waals surface area contributed by atoms with E-state index in [-0.39, 0.29) is 18.4 Å². The highest BCUT2D eigenvalue weighted by atomic mass is 32.1. The molecule has 1 aliphatic rings. The molecule has 1 fully saturated rings. The molecule has 126 valence electrons. The molecule has 1 aromatic heterocycles. The summed E-state index contributed by atoms with van der Waals surface area (Å²) in [6.45, 7) is 2.77. The van der Waals surface area contributed by atoms with Crippen LogP contribution in [0.2, 0.25) is 0 Å². The van der Waals surface area contributed by atoms with E-state index in [4.69, 9.17) is 0 Å². The maximum absolute atomic E-state index is 12.8. The van der Waals surface area contributed by atoms with Crippen molar-refractivity contribution in [3.8, 4) is 0 Å². The topological polar surface area (TPSA) is 82.5 Å². The first-order valence-corrected chi connectivity index (χ1v) is 8.70. The van der Waals surface area contributed by atoms with Crippen LogP contribution in [0.1, 0.15) is 23.8 Å². The molecule has 0 radical (unpaired) electrons. The molecule has 2 heterocycles. The molecule has 3 rings (SSSR count). The van der Waals surface area contributed by atoms with E-state index in [1.807, 2.05) is 37.3 Å². The molecule has 2 aromatic rings. The predicted molar refractivity (Wildman–Crippen MR) is 92.6 cm³/mol. The molecule has 1 aliphatic heterocycles. The predicted octanol–water partition coefficient (Wildman–Crippen LogP) is 3.07. The zero-order valence-corrected chi connectivity index (χ0v) is 14.1. The number of aromatic nitrogens is 1. The van der Waals surface area contributed by atoms with Crippen LogP contribution in [0.3, 0.4) is 0 Å². The smallest absolute Gasteiger partial charge is 0.308 e. The van der Waals surface area contributed by atoms with Gasteiger partial charge in [0.2, 0.25) is 0 Å². The first-order valence-electron chi connectivity index (χ1n) is 7.82. The number of aliphatic carboxylic acids is 1. The standard InChI is InChI=1S/C17H19N3O3S/c1-11-7-12(17(22)23)9-20(8-11)16(21)14-15(24-10-18-14)19-13-5-3-2-4-6-13/h2-6,10-12,19H,7-9H2,1H3,(H,22,23). The minimum Gasteiger partial charge on any atom is -0.481 e. The fourth-order valence-corrected chi connectivity index (χ4v) is 3.68. The Bertz CT molecular complexity index is 732. The average Bonchev–Trinajstić information content (AvgIpc) is 3.02. The van der Waals surface area contributed by atoms with Gasteiger partial charge in [-0.2, -0.15) is 0 Å². The summed E-state index contributed by atoms with van der Waals surface area (Å²) in [7, 11) is 0. The second-order valence-electron chi connectivity index (χ2n) is 6.11. The summed E-state index contributed by atoms with van der Waals surface area (Å²) in [5, 5.41) is 13.2. The third-order valence-electron chi connectivity index (χ3n) is 4.10. The van der Waals surface area contributed by atoms with Crippen molar-refractivity contribution in [1.82, 2.24) is 9.88 Å². The maximum Gasteiger partial charge on any atom is 0.308 e. The number of carboxylic acid groups (broad SMARTS) is 1. The van der Waals surface area contributed by atoms with Crippen molar-refractivity contribution in [2.45, 2.75) is 13.3 Å². The van der Waals surface area contributed by atoms with E-state index in [9.17, 15) is 14.7 Å². The Balaban J connectivity index is 1.78. The van der Waals surface area contributed by atoms with Gasteiger partial charge in [-0.1, -0.05) is 25.1 Å². The number of carboxylic acids is 1. The molecular formula is C17H19N3O3S. The van der Waals surface area contributed by atoms with Gasteiger partial charge in [-0.25, -0.2) is 4.98 Å². The second-order valence-corrected chi connectivity index (χ2v) is 6.96. The summed E-state index contributed by atoms with van der Waals surface area (Å²) >= 11 is 1.36. The number of hydrogen-bond acceptors (Lipinski definition) is 5. The van der Waals surface area contributed by atoms with Crippen LogP contribution in [-0.2, 0) is 4.79 Å². The third kappa shape index (κ3) is 3.56. The quantitative estimate of drug-likeness (QED) is 0.890. The molecule has 0 bridgehead atoms. The number of amides is 1. The molecule has 0 saturated carbocycles. The van der Waals surface area contributed by atoms with Crippen LogP contribution in [-0.4, -0.2) is 40.0 Å². The Morgan fingerprint density at radius 2 is 2.04 bits per heavy atom. The Morgan fingerprint density at radius 1 is 1.29 bits per heavy atom. The van der Waals surface area contributed by atoms with Crippen LogP contribution < -0.4 is 5.32 Å². The van der Waals surface area contributed by atoms with Crippen LogP contribution in [0.25, 0.3) is 0 Å². The van der Waals surface area contributed by atoms with Gasteiger partial charge in [0.05, 0.1) is 11.4 Å². The van der Waals surface area contributed by atoms with Gasteiger partial charge in [-0.3, -0.25) is 9.59 Å². The van der Waals surface area contributed by atoms with E-state index in [1.165, 1.54) is 11.3 Å². The summed E-state index contributed by atoms with van der Waals surface area (Å²) in [4.78, 5) is 29.9. The van der Waals surface area contributed by atoms with Gasteiger partial charge in [0.1, 0.15) is 5.00 Å². The summed E-state index contributed by atoms with van der Waals surface area (Å²) in [5.41, 5.74) is 2.86. The number of nitrogens with zero attached hydrogens (tertiary/aromatic N) is 2. The lowest BCUT2D eigenvalue weighted by atomic mass is 9.90. The van der Waals surface area contributed by atoms with Crippen molar-refractivity contribution in [3.63, 3.8) is 0 Å². The largest absolute Gasteiger partial charge is 0.481 e. The van der Waals surface area contributed by atoms with E-state index >= 15 is 0 Å². The number of carbonyl (C=O) groups is 2. The van der Waals surface area contributed by atoms with Crippen molar-refractivity contribution in [3.05, 3.63) is 41.5 Å². The highest BCUT2D eigenvalue weighted by Crippen LogP contribution is 2.28. The second kappa shape index (κ2) is 7.00. The highest BCUT2D eigenvalue weighted by molar-refractivity contribution is 7.14. The van der Waals surface area contributed by atoms with Crippen LogP contribution in [0, 0.1) is 11.8 Å². The van der Waals surface area contributed by atoms with Gasteiger partial charge in [0, 0.05) is 18.8 Å². The molecular weight excluding hydrogens is 326 g/mol. The summed E-state index contributed by atoms with van der Waals surface area (Å²) in [6.07, 6.45) is 0.602. The summed E-state index contributed by atoms with van der Waals surface area (Å²) < 4.78 is 0. The fraction of sp³-hybridized carbons (Fsp3) is 0.353. The Hall–Kier alpha value is -2.41. The molecule has 1 aromatic carbocycles. The van der Waals surface area contributed by atoms with E-state index in [2.05, 4.69) is 10.3 Å². The lowest BCUT2D eigenvalue weighted by Crippen LogP contribution is -2.45. The van der Waals surface area contributed by atoms with E-state index in [0.717, 1.165) is 5.69 Å². The summed E-state index contributed by atoms with van der Waals surface area (Å²) in [6, 6.07) is 9.57. The number of benzene rings is 1. The lowest BCUT2D eigenvalue weighted by molar-refractivity contribution is -0.143. The zero-order valence-electron chi connectivity index (χ0n) is 13.3. The fourth-order valence-electron chi connectivity index (χ4n) is 2.99. The van der Waals surface area contributed by atoms with Gasteiger partial charge in [0.25, 0.3) is 5.91 Å². The molecule has 7 heteroatoms. The van der Waals surface area contributed by atoms with Gasteiger partial charge >= 0.3 is 5.97 Å². The lowest BCUT2D eigenvalue weighted by Gasteiger charge is -2.34. The monoisotopic (exact) mass is 345 g/mol. The molecule has 2 N–H and O–H groups in total. The Morgan fingerprint density at radius 3 is 2.75 bits per heavy atom.